The lowest BCUT2D eigenvalue weighted by molar-refractivity contribution is -0.133. The molecule has 0 saturated heterocycles. The molecule has 0 radical (unpaired) electrons. The average Bonchev–Trinajstić information content (AvgIpc) is 2.29. The Morgan fingerprint density at radius 2 is 2.06 bits per heavy atom. The van der Waals surface area contributed by atoms with Crippen molar-refractivity contribution in [3.63, 3.8) is 0 Å². The van der Waals surface area contributed by atoms with Crippen molar-refractivity contribution in [3.8, 4) is 5.75 Å². The molecule has 2 N–H and O–H groups in total. The second-order valence-corrected chi connectivity index (χ2v) is 3.71. The van der Waals surface area contributed by atoms with Gasteiger partial charge in [0.1, 0.15) is 11.9 Å². The highest BCUT2D eigenvalue weighted by Gasteiger charge is 2.19. The molecule has 0 bridgehead atoms. The fourth-order valence-electron chi connectivity index (χ4n) is 1.20. The zero-order valence-electron chi connectivity index (χ0n) is 8.94. The number of rotatable bonds is 5. The first-order valence-electron chi connectivity index (χ1n) is 4.67. The third kappa shape index (κ3) is 3.41. The number of halogens is 3. The predicted octanol–water partition coefficient (Wildman–Crippen LogP) is 2.62. The topological polar surface area (TPSA) is 66.8 Å². The molecule has 1 aromatic carbocycles. The quantitative estimate of drug-likeness (QED) is 0.813. The van der Waals surface area contributed by atoms with Crippen LogP contribution in [0.1, 0.15) is 11.7 Å². The van der Waals surface area contributed by atoms with E-state index in [9.17, 15) is 18.7 Å². The first-order chi connectivity index (χ1) is 8.32. The molecule has 1 rings (SSSR count). The Balaban J connectivity index is 2.97. The van der Waals surface area contributed by atoms with Gasteiger partial charge in [0.15, 0.2) is 0 Å². The summed E-state index contributed by atoms with van der Waals surface area (Å²) in [6.45, 7) is 0.166. The summed E-state index contributed by atoms with van der Waals surface area (Å²) < 4.78 is 28.0. The molecule has 0 aliphatic rings. The van der Waals surface area contributed by atoms with E-state index in [0.29, 0.717) is 0 Å². The Hall–Kier alpha value is -1.66. The number of carbonyl (C=O) groups is 1. The van der Waals surface area contributed by atoms with Gasteiger partial charge in [-0.3, -0.25) is 0 Å². The number of alkyl halides is 2. The summed E-state index contributed by atoms with van der Waals surface area (Å²) >= 11 is 5.66. The Labute approximate surface area is 106 Å². The zero-order chi connectivity index (χ0) is 13.9. The fourth-order valence-corrected chi connectivity index (χ4v) is 1.43. The third-order valence-electron chi connectivity index (χ3n) is 2.09. The van der Waals surface area contributed by atoms with Gasteiger partial charge in [-0.2, -0.15) is 8.78 Å². The van der Waals surface area contributed by atoms with Crippen LogP contribution in [0.4, 0.5) is 8.78 Å². The van der Waals surface area contributed by atoms with Crippen LogP contribution in [0, 0.1) is 0 Å². The summed E-state index contributed by atoms with van der Waals surface area (Å²) in [6, 6.07) is 3.47. The Morgan fingerprint density at radius 1 is 1.44 bits per heavy atom. The van der Waals surface area contributed by atoms with Gasteiger partial charge in [0.05, 0.1) is 10.6 Å². The minimum atomic E-state index is -3.02. The molecule has 4 nitrogen and oxygen atoms in total. The third-order valence-corrected chi connectivity index (χ3v) is 2.39. The first kappa shape index (κ1) is 14.4. The maximum atomic E-state index is 12.0. The van der Waals surface area contributed by atoms with Crippen molar-refractivity contribution in [2.75, 3.05) is 0 Å². The number of aliphatic hydroxyl groups excluding tert-OH is 1. The number of benzene rings is 1. The van der Waals surface area contributed by atoms with Crippen molar-refractivity contribution < 1.29 is 28.5 Å². The molecule has 0 saturated carbocycles. The lowest BCUT2D eigenvalue weighted by atomic mass is 10.0. The largest absolute Gasteiger partial charge is 0.478 e. The number of carboxylic acid groups (broad SMARTS) is 1. The summed E-state index contributed by atoms with van der Waals surface area (Å²) in [5.41, 5.74) is -0.331. The van der Waals surface area contributed by atoms with Crippen LogP contribution in [0.5, 0.6) is 5.75 Å². The maximum Gasteiger partial charge on any atom is 0.387 e. The highest BCUT2D eigenvalue weighted by Crippen LogP contribution is 2.30. The standard InChI is InChI=1S/C11H9ClF2O4/c1-5(10(16)17)9(15)6-2-3-8(7(12)4-6)18-11(13)14/h2-4,9,11,15H,1H2,(H,16,17). The maximum absolute atomic E-state index is 12.0. The highest BCUT2D eigenvalue weighted by molar-refractivity contribution is 6.32. The van der Waals surface area contributed by atoms with E-state index >= 15 is 0 Å². The molecule has 0 fully saturated rings. The molecule has 0 aromatic heterocycles. The molecule has 0 aliphatic heterocycles. The molecule has 0 amide bonds. The fraction of sp³-hybridized carbons (Fsp3) is 0.182. The van der Waals surface area contributed by atoms with Gasteiger partial charge in [0, 0.05) is 0 Å². The highest BCUT2D eigenvalue weighted by atomic mass is 35.5. The van der Waals surface area contributed by atoms with Gasteiger partial charge >= 0.3 is 12.6 Å². The van der Waals surface area contributed by atoms with Gasteiger partial charge < -0.3 is 14.9 Å². The summed E-state index contributed by atoms with van der Waals surface area (Å²) in [4.78, 5) is 10.6. The van der Waals surface area contributed by atoms with Crippen LogP contribution < -0.4 is 4.74 Å². The number of aliphatic hydroxyl groups is 1. The van der Waals surface area contributed by atoms with E-state index < -0.39 is 24.3 Å². The summed E-state index contributed by atoms with van der Waals surface area (Å²) in [5.74, 6) is -1.63. The van der Waals surface area contributed by atoms with E-state index in [1.807, 2.05) is 0 Å². The van der Waals surface area contributed by atoms with Gasteiger partial charge in [-0.25, -0.2) is 4.79 Å². The van der Waals surface area contributed by atoms with Crippen LogP contribution >= 0.6 is 11.6 Å². The van der Waals surface area contributed by atoms with E-state index in [-0.39, 0.29) is 16.3 Å². The predicted molar refractivity (Wildman–Crippen MR) is 59.8 cm³/mol. The Morgan fingerprint density at radius 3 is 2.50 bits per heavy atom. The van der Waals surface area contributed by atoms with Crippen molar-refractivity contribution in [1.82, 2.24) is 0 Å². The smallest absolute Gasteiger partial charge is 0.387 e. The van der Waals surface area contributed by atoms with E-state index in [2.05, 4.69) is 11.3 Å². The van der Waals surface area contributed by atoms with Gasteiger partial charge in [-0.1, -0.05) is 24.2 Å². The molecular formula is C11H9ClF2O4. The number of aliphatic carboxylic acids is 1. The van der Waals surface area contributed by atoms with Crippen molar-refractivity contribution in [2.45, 2.75) is 12.7 Å². The summed E-state index contributed by atoms with van der Waals surface area (Å²) in [7, 11) is 0. The lowest BCUT2D eigenvalue weighted by Gasteiger charge is -2.13. The van der Waals surface area contributed by atoms with Crippen molar-refractivity contribution in [1.29, 1.82) is 0 Å². The van der Waals surface area contributed by atoms with Crippen LogP contribution in [-0.4, -0.2) is 22.8 Å². The number of carboxylic acids is 1. The summed E-state index contributed by atoms with van der Waals surface area (Å²) in [6.07, 6.45) is -1.47. The number of hydrogen-bond acceptors (Lipinski definition) is 3. The van der Waals surface area contributed by atoms with Gasteiger partial charge in [-0.05, 0) is 17.7 Å². The molecule has 0 heterocycles. The van der Waals surface area contributed by atoms with Crippen LogP contribution in [0.25, 0.3) is 0 Å². The van der Waals surface area contributed by atoms with E-state index in [1.165, 1.54) is 6.07 Å². The van der Waals surface area contributed by atoms with Crippen LogP contribution in [0.15, 0.2) is 30.4 Å². The molecule has 1 aromatic rings. The van der Waals surface area contributed by atoms with E-state index in [0.717, 1.165) is 12.1 Å². The molecule has 1 atom stereocenters. The van der Waals surface area contributed by atoms with Gasteiger partial charge in [0.25, 0.3) is 0 Å². The van der Waals surface area contributed by atoms with Gasteiger partial charge in [-0.15, -0.1) is 0 Å². The van der Waals surface area contributed by atoms with Crippen molar-refractivity contribution in [2.24, 2.45) is 0 Å². The van der Waals surface area contributed by atoms with E-state index in [4.69, 9.17) is 16.7 Å². The van der Waals surface area contributed by atoms with Crippen LogP contribution in [0.2, 0.25) is 5.02 Å². The average molecular weight is 279 g/mol. The normalized spacial score (nSPS) is 12.3. The van der Waals surface area contributed by atoms with Crippen molar-refractivity contribution in [3.05, 3.63) is 40.9 Å². The molecule has 0 spiro atoms. The Bertz CT molecular complexity index is 476. The molecule has 18 heavy (non-hydrogen) atoms. The molecular weight excluding hydrogens is 270 g/mol. The molecule has 98 valence electrons. The van der Waals surface area contributed by atoms with E-state index in [1.54, 1.807) is 0 Å². The lowest BCUT2D eigenvalue weighted by Crippen LogP contribution is -2.10. The summed E-state index contributed by atoms with van der Waals surface area (Å²) in [5, 5.41) is 18.1. The van der Waals surface area contributed by atoms with Gasteiger partial charge in [0.2, 0.25) is 0 Å². The SMILES string of the molecule is C=C(C(=O)O)C(O)c1ccc(OC(F)F)c(Cl)c1. The number of hydrogen-bond donors (Lipinski definition) is 2. The molecule has 7 heteroatoms. The zero-order valence-corrected chi connectivity index (χ0v) is 9.69. The molecule has 0 aliphatic carbocycles. The minimum absolute atomic E-state index is 0.119. The first-order valence-corrected chi connectivity index (χ1v) is 5.05. The minimum Gasteiger partial charge on any atom is -0.478 e. The van der Waals surface area contributed by atoms with Crippen LogP contribution in [-0.2, 0) is 4.79 Å². The molecule has 1 unspecified atom stereocenters. The second kappa shape index (κ2) is 5.79. The Kier molecular flexibility index (Phi) is 4.63. The number of ether oxygens (including phenoxy) is 1. The van der Waals surface area contributed by atoms with Crippen LogP contribution in [0.3, 0.4) is 0 Å². The van der Waals surface area contributed by atoms with Crippen molar-refractivity contribution >= 4 is 17.6 Å². The monoisotopic (exact) mass is 278 g/mol. The second-order valence-electron chi connectivity index (χ2n) is 3.30.